The molecule has 0 bridgehead atoms. The van der Waals surface area contributed by atoms with E-state index in [9.17, 15) is 14.0 Å². The maximum absolute atomic E-state index is 12.8. The Morgan fingerprint density at radius 1 is 1.14 bits per heavy atom. The third-order valence-electron chi connectivity index (χ3n) is 2.86. The summed E-state index contributed by atoms with van der Waals surface area (Å²) in [6.45, 7) is 1.48. The van der Waals surface area contributed by atoms with Gasteiger partial charge in [0.05, 0.1) is 5.56 Å². The number of esters is 1. The fourth-order valence-corrected chi connectivity index (χ4v) is 2.29. The molecule has 0 fully saturated rings. The normalized spacial score (nSPS) is 11.6. The monoisotopic (exact) mass is 413 g/mol. The molecular formula is C16H13FINO3. The van der Waals surface area contributed by atoms with Gasteiger partial charge in [-0.3, -0.25) is 4.79 Å². The van der Waals surface area contributed by atoms with Crippen LogP contribution >= 0.6 is 22.6 Å². The smallest absolute Gasteiger partial charge is 0.339 e. The number of anilines is 1. The molecule has 0 aliphatic rings. The van der Waals surface area contributed by atoms with E-state index >= 15 is 0 Å². The van der Waals surface area contributed by atoms with Crippen molar-refractivity contribution in [3.8, 4) is 0 Å². The second-order valence-electron chi connectivity index (χ2n) is 4.52. The molecule has 0 saturated heterocycles. The third-order valence-corrected chi connectivity index (χ3v) is 3.80. The highest BCUT2D eigenvalue weighted by atomic mass is 127. The first-order valence-electron chi connectivity index (χ1n) is 6.49. The van der Waals surface area contributed by atoms with Crippen molar-refractivity contribution in [2.24, 2.45) is 0 Å². The van der Waals surface area contributed by atoms with Crippen LogP contribution in [0.5, 0.6) is 0 Å². The SMILES string of the molecule is CC(OC(=O)c1ccccc1I)C(=O)Nc1ccc(F)cc1. The summed E-state index contributed by atoms with van der Waals surface area (Å²) in [7, 11) is 0. The zero-order valence-electron chi connectivity index (χ0n) is 11.7. The van der Waals surface area contributed by atoms with Crippen molar-refractivity contribution in [2.75, 3.05) is 5.32 Å². The van der Waals surface area contributed by atoms with Gasteiger partial charge in [-0.25, -0.2) is 9.18 Å². The minimum Gasteiger partial charge on any atom is -0.449 e. The molecule has 1 amide bonds. The molecule has 0 radical (unpaired) electrons. The fraction of sp³-hybridized carbons (Fsp3) is 0.125. The summed E-state index contributed by atoms with van der Waals surface area (Å²) in [6, 6.07) is 12.3. The van der Waals surface area contributed by atoms with Gasteiger partial charge in [-0.2, -0.15) is 0 Å². The van der Waals surface area contributed by atoms with Crippen LogP contribution in [0, 0.1) is 9.39 Å². The van der Waals surface area contributed by atoms with Crippen LogP contribution in [0.3, 0.4) is 0 Å². The number of ether oxygens (including phenoxy) is 1. The van der Waals surface area contributed by atoms with E-state index in [0.29, 0.717) is 11.3 Å². The van der Waals surface area contributed by atoms with Gasteiger partial charge in [-0.1, -0.05) is 12.1 Å². The standard InChI is InChI=1S/C16H13FINO3/c1-10(15(20)19-12-8-6-11(17)7-9-12)22-16(21)13-4-2-3-5-14(13)18/h2-10H,1H3,(H,19,20). The summed E-state index contributed by atoms with van der Waals surface area (Å²) in [6.07, 6.45) is -0.964. The van der Waals surface area contributed by atoms with Gasteiger partial charge in [-0.05, 0) is 65.9 Å². The predicted octanol–water partition coefficient (Wildman–Crippen LogP) is 3.61. The van der Waals surface area contributed by atoms with Crippen molar-refractivity contribution >= 4 is 40.2 Å². The minimum absolute atomic E-state index is 0.392. The summed E-state index contributed by atoms with van der Waals surface area (Å²) in [5.74, 6) is -1.44. The van der Waals surface area contributed by atoms with E-state index in [1.165, 1.54) is 31.2 Å². The van der Waals surface area contributed by atoms with Crippen LogP contribution in [0.4, 0.5) is 10.1 Å². The predicted molar refractivity (Wildman–Crippen MR) is 89.1 cm³/mol. The summed E-state index contributed by atoms with van der Waals surface area (Å²) < 4.78 is 18.7. The highest BCUT2D eigenvalue weighted by molar-refractivity contribution is 14.1. The number of carbonyl (C=O) groups excluding carboxylic acids is 2. The summed E-state index contributed by atoms with van der Waals surface area (Å²) in [5.41, 5.74) is 0.841. The molecule has 0 aliphatic carbocycles. The van der Waals surface area contributed by atoms with Crippen LogP contribution in [0.25, 0.3) is 0 Å². The third kappa shape index (κ3) is 4.27. The van der Waals surface area contributed by atoms with Crippen LogP contribution in [0.15, 0.2) is 48.5 Å². The molecule has 1 atom stereocenters. The number of amides is 1. The molecule has 0 aromatic heterocycles. The van der Waals surface area contributed by atoms with Gasteiger partial charge in [0.2, 0.25) is 0 Å². The van der Waals surface area contributed by atoms with Gasteiger partial charge in [-0.15, -0.1) is 0 Å². The molecule has 0 heterocycles. The Kier molecular flexibility index (Phi) is 5.48. The zero-order valence-corrected chi connectivity index (χ0v) is 13.8. The van der Waals surface area contributed by atoms with Gasteiger partial charge < -0.3 is 10.1 Å². The fourth-order valence-electron chi connectivity index (χ4n) is 1.68. The molecule has 1 N–H and O–H groups in total. The molecule has 2 aromatic rings. The van der Waals surface area contributed by atoms with Crippen molar-refractivity contribution in [1.82, 2.24) is 0 Å². The number of hydrogen-bond acceptors (Lipinski definition) is 3. The largest absolute Gasteiger partial charge is 0.449 e. The molecule has 2 aromatic carbocycles. The maximum atomic E-state index is 12.8. The first kappa shape index (κ1) is 16.4. The van der Waals surface area contributed by atoms with Gasteiger partial charge in [0.15, 0.2) is 6.10 Å². The lowest BCUT2D eigenvalue weighted by Crippen LogP contribution is -2.30. The van der Waals surface area contributed by atoms with Crippen molar-refractivity contribution in [3.05, 3.63) is 63.5 Å². The van der Waals surface area contributed by atoms with Crippen LogP contribution in [-0.2, 0) is 9.53 Å². The van der Waals surface area contributed by atoms with Crippen LogP contribution in [0.1, 0.15) is 17.3 Å². The van der Waals surface area contributed by atoms with Gasteiger partial charge in [0.1, 0.15) is 5.82 Å². The molecule has 2 rings (SSSR count). The summed E-state index contributed by atoms with van der Waals surface area (Å²) in [4.78, 5) is 24.0. The minimum atomic E-state index is -0.964. The van der Waals surface area contributed by atoms with E-state index in [-0.39, 0.29) is 0 Å². The van der Waals surface area contributed by atoms with E-state index in [1.54, 1.807) is 18.2 Å². The Balaban J connectivity index is 1.98. The van der Waals surface area contributed by atoms with E-state index in [2.05, 4.69) is 5.32 Å². The zero-order chi connectivity index (χ0) is 16.1. The Hall–Kier alpha value is -1.96. The Morgan fingerprint density at radius 2 is 1.77 bits per heavy atom. The second-order valence-corrected chi connectivity index (χ2v) is 5.69. The summed E-state index contributed by atoms with van der Waals surface area (Å²) in [5, 5.41) is 2.56. The average molecular weight is 413 g/mol. The average Bonchev–Trinajstić information content (AvgIpc) is 2.49. The number of nitrogens with one attached hydrogen (secondary N) is 1. The first-order valence-corrected chi connectivity index (χ1v) is 7.57. The van der Waals surface area contributed by atoms with E-state index < -0.39 is 23.8 Å². The van der Waals surface area contributed by atoms with E-state index in [0.717, 1.165) is 3.57 Å². The molecule has 0 aliphatic heterocycles. The van der Waals surface area contributed by atoms with Crippen molar-refractivity contribution < 1.29 is 18.7 Å². The lowest BCUT2D eigenvalue weighted by molar-refractivity contribution is -0.123. The van der Waals surface area contributed by atoms with Gasteiger partial charge in [0, 0.05) is 9.26 Å². The topological polar surface area (TPSA) is 55.4 Å². The van der Waals surface area contributed by atoms with Crippen LogP contribution in [-0.4, -0.2) is 18.0 Å². The number of hydrogen-bond donors (Lipinski definition) is 1. The van der Waals surface area contributed by atoms with Crippen molar-refractivity contribution in [1.29, 1.82) is 0 Å². The van der Waals surface area contributed by atoms with Crippen molar-refractivity contribution in [3.63, 3.8) is 0 Å². The molecule has 22 heavy (non-hydrogen) atoms. The lowest BCUT2D eigenvalue weighted by Gasteiger charge is -2.14. The lowest BCUT2D eigenvalue weighted by atomic mass is 10.2. The second kappa shape index (κ2) is 7.35. The molecular weight excluding hydrogens is 400 g/mol. The van der Waals surface area contributed by atoms with Crippen LogP contribution in [0.2, 0.25) is 0 Å². The molecule has 4 nitrogen and oxygen atoms in total. The molecule has 114 valence electrons. The highest BCUT2D eigenvalue weighted by Gasteiger charge is 2.20. The maximum Gasteiger partial charge on any atom is 0.339 e. The van der Waals surface area contributed by atoms with Crippen LogP contribution < -0.4 is 5.32 Å². The summed E-state index contributed by atoms with van der Waals surface area (Å²) >= 11 is 2.02. The first-order chi connectivity index (χ1) is 10.5. The Labute approximate surface area is 140 Å². The Bertz CT molecular complexity index is 688. The number of rotatable bonds is 4. The Morgan fingerprint density at radius 3 is 2.41 bits per heavy atom. The molecule has 1 unspecified atom stereocenters. The molecule has 0 spiro atoms. The number of carbonyl (C=O) groups is 2. The van der Waals surface area contributed by atoms with Crippen molar-refractivity contribution in [2.45, 2.75) is 13.0 Å². The van der Waals surface area contributed by atoms with E-state index in [1.807, 2.05) is 28.7 Å². The quantitative estimate of drug-likeness (QED) is 0.616. The van der Waals surface area contributed by atoms with Gasteiger partial charge >= 0.3 is 5.97 Å². The highest BCUT2D eigenvalue weighted by Crippen LogP contribution is 2.14. The molecule has 6 heteroatoms. The number of benzene rings is 2. The molecule has 0 saturated carbocycles. The van der Waals surface area contributed by atoms with Gasteiger partial charge in [0.25, 0.3) is 5.91 Å². The van der Waals surface area contributed by atoms with E-state index in [4.69, 9.17) is 4.74 Å². The number of halogens is 2.